The van der Waals surface area contributed by atoms with Gasteiger partial charge in [0, 0.05) is 0 Å². The van der Waals surface area contributed by atoms with Crippen molar-refractivity contribution in [3.8, 4) is 0 Å². The first kappa shape index (κ1) is 10.5. The van der Waals surface area contributed by atoms with Gasteiger partial charge in [-0.3, -0.25) is 0 Å². The van der Waals surface area contributed by atoms with E-state index in [1.807, 2.05) is 24.3 Å². The van der Waals surface area contributed by atoms with Crippen molar-refractivity contribution in [1.82, 2.24) is 0 Å². The molecule has 0 N–H and O–H groups in total. The van der Waals surface area contributed by atoms with Gasteiger partial charge in [0.25, 0.3) is 0 Å². The second kappa shape index (κ2) is 4.10. The standard InChI is InChI=1S/C10H7FS.Li/c11-9-6-5-7-3-1-2-4-8(7)10(9)12;/h1-6,12H;/q;+1/p-1. The van der Waals surface area contributed by atoms with E-state index in [1.54, 1.807) is 6.07 Å². The Morgan fingerprint density at radius 3 is 2.46 bits per heavy atom. The van der Waals surface area contributed by atoms with E-state index in [4.69, 9.17) is 12.6 Å². The van der Waals surface area contributed by atoms with Crippen LogP contribution in [0.4, 0.5) is 4.39 Å². The molecule has 0 heterocycles. The summed E-state index contributed by atoms with van der Waals surface area (Å²) in [5, 5.41) is 1.80. The number of benzene rings is 2. The van der Waals surface area contributed by atoms with Crippen molar-refractivity contribution in [2.24, 2.45) is 0 Å². The first-order valence-corrected chi connectivity index (χ1v) is 4.04. The number of halogens is 1. The van der Waals surface area contributed by atoms with Crippen LogP contribution in [0.15, 0.2) is 41.3 Å². The summed E-state index contributed by atoms with van der Waals surface area (Å²) in [5.74, 6) is -0.316. The van der Waals surface area contributed by atoms with E-state index in [2.05, 4.69) is 0 Å². The Morgan fingerprint density at radius 1 is 1.00 bits per heavy atom. The van der Waals surface area contributed by atoms with E-state index in [0.29, 0.717) is 4.90 Å². The number of hydrogen-bond acceptors (Lipinski definition) is 1. The molecule has 0 nitrogen and oxygen atoms in total. The van der Waals surface area contributed by atoms with Gasteiger partial charge < -0.3 is 12.6 Å². The summed E-state index contributed by atoms with van der Waals surface area (Å²) in [5.41, 5.74) is 0. The quantitative estimate of drug-likeness (QED) is 0.406. The maximum Gasteiger partial charge on any atom is 1.00 e. The fourth-order valence-electron chi connectivity index (χ4n) is 1.22. The zero-order valence-corrected chi connectivity index (χ0v) is 8.07. The van der Waals surface area contributed by atoms with Crippen molar-refractivity contribution in [3.63, 3.8) is 0 Å². The molecule has 2 aromatic carbocycles. The summed E-state index contributed by atoms with van der Waals surface area (Å²) in [6, 6.07) is 10.7. The molecule has 0 saturated carbocycles. The Labute approximate surface area is 93.7 Å². The first-order valence-electron chi connectivity index (χ1n) is 3.63. The molecule has 13 heavy (non-hydrogen) atoms. The van der Waals surface area contributed by atoms with Crippen molar-refractivity contribution in [2.45, 2.75) is 4.90 Å². The fourth-order valence-corrected chi connectivity index (χ4v) is 1.47. The topological polar surface area (TPSA) is 0 Å². The normalized spacial score (nSPS) is 9.62. The molecule has 0 fully saturated rings. The van der Waals surface area contributed by atoms with Crippen LogP contribution in [0, 0.1) is 5.82 Å². The van der Waals surface area contributed by atoms with E-state index < -0.39 is 0 Å². The summed E-state index contributed by atoms with van der Waals surface area (Å²) < 4.78 is 12.9. The molecule has 60 valence electrons. The third kappa shape index (κ3) is 1.86. The summed E-state index contributed by atoms with van der Waals surface area (Å²) in [7, 11) is 0. The molecule has 0 bridgehead atoms. The van der Waals surface area contributed by atoms with Crippen LogP contribution < -0.4 is 18.9 Å². The van der Waals surface area contributed by atoms with E-state index in [-0.39, 0.29) is 24.7 Å². The van der Waals surface area contributed by atoms with Crippen LogP contribution >= 0.6 is 0 Å². The van der Waals surface area contributed by atoms with Gasteiger partial charge in [0.1, 0.15) is 5.82 Å². The fraction of sp³-hybridized carbons (Fsp3) is 0. The summed E-state index contributed by atoms with van der Waals surface area (Å²) >= 11 is 4.92. The van der Waals surface area contributed by atoms with Gasteiger partial charge in [0.05, 0.1) is 0 Å². The average molecular weight is 184 g/mol. The van der Waals surface area contributed by atoms with Crippen LogP contribution in [0.3, 0.4) is 0 Å². The SMILES string of the molecule is Fc1ccc2ccccc2c1[S-].[Li+]. The summed E-state index contributed by atoms with van der Waals surface area (Å²) in [6.07, 6.45) is 0. The van der Waals surface area contributed by atoms with Gasteiger partial charge in [-0.05, 0) is 16.8 Å². The third-order valence-electron chi connectivity index (χ3n) is 1.83. The molecule has 0 radical (unpaired) electrons. The van der Waals surface area contributed by atoms with Gasteiger partial charge >= 0.3 is 18.9 Å². The van der Waals surface area contributed by atoms with Crippen molar-refractivity contribution < 1.29 is 23.3 Å². The monoisotopic (exact) mass is 184 g/mol. The molecule has 0 aliphatic heterocycles. The largest absolute Gasteiger partial charge is 1.00 e. The Balaban J connectivity index is 0.000000845. The van der Waals surface area contributed by atoms with Gasteiger partial charge in [0.15, 0.2) is 0 Å². The molecule has 0 aromatic heterocycles. The van der Waals surface area contributed by atoms with E-state index >= 15 is 0 Å². The predicted molar refractivity (Wildman–Crippen MR) is 49.5 cm³/mol. The molecule has 2 rings (SSSR count). The van der Waals surface area contributed by atoms with Crippen LogP contribution in [0.5, 0.6) is 0 Å². The van der Waals surface area contributed by atoms with Crippen molar-refractivity contribution in [3.05, 3.63) is 42.2 Å². The van der Waals surface area contributed by atoms with Crippen LogP contribution in [0.1, 0.15) is 0 Å². The second-order valence-corrected chi connectivity index (χ2v) is 3.01. The van der Waals surface area contributed by atoms with Gasteiger partial charge in [-0.2, -0.15) is 0 Å². The van der Waals surface area contributed by atoms with E-state index in [9.17, 15) is 4.39 Å². The summed E-state index contributed by atoms with van der Waals surface area (Å²) in [4.78, 5) is 0.313. The molecule has 0 amide bonds. The number of rotatable bonds is 0. The van der Waals surface area contributed by atoms with Crippen molar-refractivity contribution in [1.29, 1.82) is 0 Å². The van der Waals surface area contributed by atoms with Gasteiger partial charge in [-0.25, -0.2) is 4.39 Å². The van der Waals surface area contributed by atoms with Crippen LogP contribution in [-0.2, 0) is 12.6 Å². The second-order valence-electron chi connectivity index (χ2n) is 2.60. The Morgan fingerprint density at radius 2 is 1.69 bits per heavy atom. The molecule has 0 spiro atoms. The van der Waals surface area contributed by atoms with Crippen LogP contribution in [0.2, 0.25) is 0 Å². The Bertz CT molecular complexity index is 428. The molecule has 3 heteroatoms. The average Bonchev–Trinajstić information content (AvgIpc) is 2.12. The maximum atomic E-state index is 12.9. The zero-order valence-electron chi connectivity index (χ0n) is 7.25. The molecule has 0 aliphatic rings. The number of hydrogen-bond donors (Lipinski definition) is 0. The van der Waals surface area contributed by atoms with Crippen molar-refractivity contribution >= 4 is 23.4 Å². The molecular weight excluding hydrogens is 178 g/mol. The van der Waals surface area contributed by atoms with E-state index in [1.165, 1.54) is 6.07 Å². The van der Waals surface area contributed by atoms with Gasteiger partial charge in [-0.15, -0.1) is 4.90 Å². The van der Waals surface area contributed by atoms with Crippen molar-refractivity contribution in [2.75, 3.05) is 0 Å². The Kier molecular flexibility index (Phi) is 3.32. The molecular formula is C10H6FLiS. The van der Waals surface area contributed by atoms with Gasteiger partial charge in [0.2, 0.25) is 0 Å². The molecule has 2 aromatic rings. The predicted octanol–water partition coefficient (Wildman–Crippen LogP) is -0.111. The van der Waals surface area contributed by atoms with Gasteiger partial charge in [-0.1, -0.05) is 30.3 Å². The maximum absolute atomic E-state index is 12.9. The van der Waals surface area contributed by atoms with E-state index in [0.717, 1.165) is 10.8 Å². The summed E-state index contributed by atoms with van der Waals surface area (Å²) in [6.45, 7) is 0. The number of fused-ring (bicyclic) bond motifs is 1. The molecule has 0 unspecified atom stereocenters. The minimum atomic E-state index is -0.316. The van der Waals surface area contributed by atoms with Crippen LogP contribution in [-0.4, -0.2) is 0 Å². The minimum absolute atomic E-state index is 0. The van der Waals surface area contributed by atoms with Crippen LogP contribution in [0.25, 0.3) is 10.8 Å². The minimum Gasteiger partial charge on any atom is -0.776 e. The third-order valence-corrected chi connectivity index (χ3v) is 2.25. The molecule has 0 atom stereocenters. The molecule has 0 saturated heterocycles. The zero-order chi connectivity index (χ0) is 8.55. The first-order chi connectivity index (χ1) is 5.79. The molecule has 0 aliphatic carbocycles. The Hall–Kier alpha value is -0.553. The smallest absolute Gasteiger partial charge is 0.776 e.